The minimum absolute atomic E-state index is 0.610. The normalized spacial score (nSPS) is 10.3. The number of nitrogens with zero attached hydrogens (tertiary/aromatic N) is 2. The van der Waals surface area contributed by atoms with Crippen molar-refractivity contribution in [2.75, 3.05) is 10.7 Å². The number of nitrogen functional groups attached to an aromatic ring is 1. The number of hydrogen-bond donors (Lipinski definition) is 3. The highest BCUT2D eigenvalue weighted by molar-refractivity contribution is 5.60. The minimum atomic E-state index is 0.610. The molecule has 0 saturated heterocycles. The standard InChI is InChI=1S/C14H19N5/c1-4-12-17-13(8-14(18-12)19-15)16-11-6-9(2)5-10(3)7-11/h5-8H,4,15H2,1-3H3,(H2,16,17,18,19). The van der Waals surface area contributed by atoms with Crippen molar-refractivity contribution in [2.24, 2.45) is 5.84 Å². The van der Waals surface area contributed by atoms with Crippen molar-refractivity contribution >= 4 is 17.3 Å². The van der Waals surface area contributed by atoms with E-state index in [1.54, 1.807) is 6.07 Å². The van der Waals surface area contributed by atoms with Crippen LogP contribution in [0.5, 0.6) is 0 Å². The van der Waals surface area contributed by atoms with Crippen LogP contribution in [0.3, 0.4) is 0 Å². The SMILES string of the molecule is CCc1nc(NN)cc(Nc2cc(C)cc(C)c2)n1. The van der Waals surface area contributed by atoms with Gasteiger partial charge in [-0.25, -0.2) is 15.8 Å². The number of benzene rings is 1. The number of rotatable bonds is 4. The number of aryl methyl sites for hydroxylation is 3. The summed E-state index contributed by atoms with van der Waals surface area (Å²) in [6.45, 7) is 6.15. The first-order valence-electron chi connectivity index (χ1n) is 6.30. The lowest BCUT2D eigenvalue weighted by molar-refractivity contribution is 0.941. The molecule has 0 radical (unpaired) electrons. The van der Waals surface area contributed by atoms with Gasteiger partial charge in [-0.05, 0) is 37.1 Å². The van der Waals surface area contributed by atoms with Crippen LogP contribution in [0.4, 0.5) is 17.3 Å². The third kappa shape index (κ3) is 3.42. The van der Waals surface area contributed by atoms with Crippen LogP contribution in [-0.4, -0.2) is 9.97 Å². The van der Waals surface area contributed by atoms with Gasteiger partial charge in [-0.15, -0.1) is 0 Å². The van der Waals surface area contributed by atoms with Gasteiger partial charge in [-0.3, -0.25) is 0 Å². The molecule has 4 N–H and O–H groups in total. The summed E-state index contributed by atoms with van der Waals surface area (Å²) in [5.41, 5.74) is 6.00. The molecule has 0 amide bonds. The Balaban J connectivity index is 2.31. The zero-order valence-electron chi connectivity index (χ0n) is 11.5. The molecule has 1 aromatic heterocycles. The molecule has 0 spiro atoms. The van der Waals surface area contributed by atoms with Gasteiger partial charge in [0.1, 0.15) is 17.5 Å². The van der Waals surface area contributed by atoms with E-state index in [9.17, 15) is 0 Å². The highest BCUT2D eigenvalue weighted by Gasteiger charge is 2.04. The molecular formula is C14H19N5. The number of hydrazine groups is 1. The van der Waals surface area contributed by atoms with Gasteiger partial charge in [-0.1, -0.05) is 13.0 Å². The molecule has 2 aromatic rings. The molecule has 0 fully saturated rings. The molecular weight excluding hydrogens is 238 g/mol. The van der Waals surface area contributed by atoms with E-state index in [1.165, 1.54) is 11.1 Å². The molecule has 0 aliphatic heterocycles. The fourth-order valence-electron chi connectivity index (χ4n) is 1.99. The summed E-state index contributed by atoms with van der Waals surface area (Å²) < 4.78 is 0. The quantitative estimate of drug-likeness (QED) is 0.580. The first-order chi connectivity index (χ1) is 9.10. The topological polar surface area (TPSA) is 75.9 Å². The van der Waals surface area contributed by atoms with E-state index < -0.39 is 0 Å². The van der Waals surface area contributed by atoms with Crippen LogP contribution in [0.25, 0.3) is 0 Å². The molecule has 2 rings (SSSR count). The monoisotopic (exact) mass is 257 g/mol. The van der Waals surface area contributed by atoms with Crippen LogP contribution < -0.4 is 16.6 Å². The summed E-state index contributed by atoms with van der Waals surface area (Å²) in [6.07, 6.45) is 0.761. The molecule has 5 heteroatoms. The van der Waals surface area contributed by atoms with Crippen molar-refractivity contribution in [3.63, 3.8) is 0 Å². The molecule has 0 aliphatic carbocycles. The maximum absolute atomic E-state index is 5.42. The lowest BCUT2D eigenvalue weighted by atomic mass is 10.1. The van der Waals surface area contributed by atoms with Gasteiger partial charge >= 0.3 is 0 Å². The Morgan fingerprint density at radius 3 is 2.21 bits per heavy atom. The molecule has 100 valence electrons. The molecule has 1 heterocycles. The molecule has 0 saturated carbocycles. The molecule has 19 heavy (non-hydrogen) atoms. The third-order valence-electron chi connectivity index (χ3n) is 2.73. The fraction of sp³-hybridized carbons (Fsp3) is 0.286. The van der Waals surface area contributed by atoms with Crippen LogP contribution in [0.15, 0.2) is 24.3 Å². The van der Waals surface area contributed by atoms with Gasteiger partial charge in [0.2, 0.25) is 0 Å². The second kappa shape index (κ2) is 5.67. The lowest BCUT2D eigenvalue weighted by Crippen LogP contribution is -2.11. The van der Waals surface area contributed by atoms with Crippen LogP contribution in [-0.2, 0) is 6.42 Å². The Hall–Kier alpha value is -2.14. The van der Waals surface area contributed by atoms with Crippen LogP contribution in [0, 0.1) is 13.8 Å². The highest BCUT2D eigenvalue weighted by atomic mass is 15.3. The van der Waals surface area contributed by atoms with E-state index in [0.717, 1.165) is 23.8 Å². The van der Waals surface area contributed by atoms with Crippen LogP contribution in [0.2, 0.25) is 0 Å². The van der Waals surface area contributed by atoms with Gasteiger partial charge in [0, 0.05) is 18.2 Å². The van der Waals surface area contributed by atoms with E-state index in [0.29, 0.717) is 5.82 Å². The van der Waals surface area contributed by atoms with Crippen molar-refractivity contribution in [3.05, 3.63) is 41.2 Å². The Labute approximate surface area is 113 Å². The number of nitrogens with two attached hydrogens (primary N) is 1. The van der Waals surface area contributed by atoms with Crippen molar-refractivity contribution in [1.82, 2.24) is 9.97 Å². The average molecular weight is 257 g/mol. The maximum Gasteiger partial charge on any atom is 0.145 e. The van der Waals surface area contributed by atoms with Crippen LogP contribution >= 0.6 is 0 Å². The molecule has 1 aromatic carbocycles. The second-order valence-corrected chi connectivity index (χ2v) is 4.55. The van der Waals surface area contributed by atoms with Gasteiger partial charge in [0.25, 0.3) is 0 Å². The van der Waals surface area contributed by atoms with E-state index >= 15 is 0 Å². The fourth-order valence-corrected chi connectivity index (χ4v) is 1.99. The molecule has 0 bridgehead atoms. The van der Waals surface area contributed by atoms with Gasteiger partial charge < -0.3 is 10.7 Å². The predicted molar refractivity (Wildman–Crippen MR) is 78.4 cm³/mol. The van der Waals surface area contributed by atoms with Crippen LogP contribution in [0.1, 0.15) is 23.9 Å². The van der Waals surface area contributed by atoms with Crippen molar-refractivity contribution < 1.29 is 0 Å². The number of hydrogen-bond acceptors (Lipinski definition) is 5. The van der Waals surface area contributed by atoms with Gasteiger partial charge in [0.15, 0.2) is 0 Å². The summed E-state index contributed by atoms with van der Waals surface area (Å²) >= 11 is 0. The molecule has 5 nitrogen and oxygen atoms in total. The Bertz CT molecular complexity index is 538. The van der Waals surface area contributed by atoms with E-state index in [4.69, 9.17) is 5.84 Å². The summed E-state index contributed by atoms with van der Waals surface area (Å²) in [4.78, 5) is 8.70. The van der Waals surface area contributed by atoms with E-state index in [2.05, 4.69) is 52.8 Å². The van der Waals surface area contributed by atoms with Crippen molar-refractivity contribution in [3.8, 4) is 0 Å². The third-order valence-corrected chi connectivity index (χ3v) is 2.73. The van der Waals surface area contributed by atoms with E-state index in [1.807, 2.05) is 6.92 Å². The Kier molecular flexibility index (Phi) is 3.97. The first-order valence-corrected chi connectivity index (χ1v) is 6.30. The molecule has 0 atom stereocenters. The first kappa shape index (κ1) is 13.3. The van der Waals surface area contributed by atoms with Crippen molar-refractivity contribution in [1.29, 1.82) is 0 Å². The van der Waals surface area contributed by atoms with Gasteiger partial charge in [0.05, 0.1) is 0 Å². The minimum Gasteiger partial charge on any atom is -0.340 e. The maximum atomic E-state index is 5.42. The summed E-state index contributed by atoms with van der Waals surface area (Å²) in [6, 6.07) is 8.08. The number of anilines is 3. The summed E-state index contributed by atoms with van der Waals surface area (Å²) in [7, 11) is 0. The Morgan fingerprint density at radius 1 is 1.00 bits per heavy atom. The largest absolute Gasteiger partial charge is 0.340 e. The number of aromatic nitrogens is 2. The smallest absolute Gasteiger partial charge is 0.145 e. The summed E-state index contributed by atoms with van der Waals surface area (Å²) in [5, 5.41) is 3.29. The second-order valence-electron chi connectivity index (χ2n) is 4.55. The zero-order valence-corrected chi connectivity index (χ0v) is 11.5. The van der Waals surface area contributed by atoms with Crippen molar-refractivity contribution in [2.45, 2.75) is 27.2 Å². The zero-order chi connectivity index (χ0) is 13.8. The Morgan fingerprint density at radius 2 is 1.63 bits per heavy atom. The van der Waals surface area contributed by atoms with E-state index in [-0.39, 0.29) is 0 Å². The number of nitrogens with one attached hydrogen (secondary N) is 2. The molecule has 0 aliphatic rings. The highest BCUT2D eigenvalue weighted by Crippen LogP contribution is 2.20. The lowest BCUT2D eigenvalue weighted by Gasteiger charge is -2.10. The average Bonchev–Trinajstić information content (AvgIpc) is 2.37. The predicted octanol–water partition coefficient (Wildman–Crippen LogP) is 2.69. The van der Waals surface area contributed by atoms with Gasteiger partial charge in [-0.2, -0.15) is 0 Å². The molecule has 0 unspecified atom stereocenters. The summed E-state index contributed by atoms with van der Waals surface area (Å²) in [5.74, 6) is 7.52.